The fourth-order valence-corrected chi connectivity index (χ4v) is 2.83. The summed E-state index contributed by atoms with van der Waals surface area (Å²) >= 11 is 0. The number of para-hydroxylation sites is 3. The van der Waals surface area contributed by atoms with Crippen LogP contribution < -0.4 is 15.4 Å². The Bertz CT molecular complexity index is 950. The van der Waals surface area contributed by atoms with Crippen LogP contribution in [0.2, 0.25) is 0 Å². The fourth-order valence-electron chi connectivity index (χ4n) is 2.83. The summed E-state index contributed by atoms with van der Waals surface area (Å²) in [5, 5.41) is 9.72. The van der Waals surface area contributed by atoms with Gasteiger partial charge in [-0.3, -0.25) is 0 Å². The number of amides is 2. The van der Waals surface area contributed by atoms with Gasteiger partial charge in [-0.25, -0.2) is 4.79 Å². The molecule has 2 amide bonds. The molecule has 1 saturated carbocycles. The minimum atomic E-state index is -0.351. The molecule has 3 aromatic rings. The first-order valence-electron chi connectivity index (χ1n) is 8.84. The number of anilines is 2. The van der Waals surface area contributed by atoms with Crippen LogP contribution in [-0.2, 0) is 6.42 Å². The molecule has 27 heavy (non-hydrogen) atoms. The Hall–Kier alpha value is -3.35. The summed E-state index contributed by atoms with van der Waals surface area (Å²) < 4.78 is 10.6. The van der Waals surface area contributed by atoms with E-state index < -0.39 is 0 Å². The van der Waals surface area contributed by atoms with E-state index in [0.29, 0.717) is 35.4 Å². The number of ether oxygens (including phenoxy) is 1. The zero-order chi connectivity index (χ0) is 18.6. The first-order valence-corrected chi connectivity index (χ1v) is 8.84. The van der Waals surface area contributed by atoms with Crippen molar-refractivity contribution in [2.75, 3.05) is 17.7 Å². The summed E-state index contributed by atoms with van der Waals surface area (Å²) in [6, 6.07) is 14.4. The van der Waals surface area contributed by atoms with Crippen LogP contribution in [0.25, 0.3) is 0 Å². The van der Waals surface area contributed by atoms with Crippen LogP contribution >= 0.6 is 0 Å². The Morgan fingerprint density at radius 1 is 1.11 bits per heavy atom. The van der Waals surface area contributed by atoms with Gasteiger partial charge >= 0.3 is 6.03 Å². The molecular weight excluding hydrogens is 344 g/mol. The lowest BCUT2D eigenvalue weighted by atomic mass is 10.1. The number of urea groups is 1. The molecule has 0 radical (unpaired) electrons. The predicted octanol–water partition coefficient (Wildman–Crippen LogP) is 4.19. The van der Waals surface area contributed by atoms with Crippen LogP contribution in [0.3, 0.4) is 0 Å². The lowest BCUT2D eigenvalue weighted by Crippen LogP contribution is -2.20. The molecule has 4 rings (SSSR count). The summed E-state index contributed by atoms with van der Waals surface area (Å²) in [6.07, 6.45) is 2.71. The van der Waals surface area contributed by atoms with E-state index >= 15 is 0 Å². The van der Waals surface area contributed by atoms with Crippen molar-refractivity contribution in [1.82, 2.24) is 10.1 Å². The number of methoxy groups -OCH3 is 1. The monoisotopic (exact) mass is 364 g/mol. The zero-order valence-corrected chi connectivity index (χ0v) is 14.9. The zero-order valence-electron chi connectivity index (χ0n) is 14.9. The fraction of sp³-hybridized carbons (Fsp3) is 0.250. The summed E-state index contributed by atoms with van der Waals surface area (Å²) in [5.41, 5.74) is 2.19. The molecule has 1 aliphatic carbocycles. The molecule has 1 heterocycles. The lowest BCUT2D eigenvalue weighted by molar-refractivity contribution is 0.262. The maximum Gasteiger partial charge on any atom is 0.323 e. The molecule has 7 heteroatoms. The molecule has 1 aliphatic rings. The van der Waals surface area contributed by atoms with E-state index in [4.69, 9.17) is 9.26 Å². The maximum atomic E-state index is 12.4. The Labute approximate surface area is 156 Å². The van der Waals surface area contributed by atoms with Crippen LogP contribution in [0.4, 0.5) is 16.2 Å². The molecule has 138 valence electrons. The molecule has 0 saturated heterocycles. The second-order valence-electron chi connectivity index (χ2n) is 6.43. The predicted molar refractivity (Wildman–Crippen MR) is 101 cm³/mol. The highest BCUT2D eigenvalue weighted by Crippen LogP contribution is 2.38. The SMILES string of the molecule is COc1ccccc1NC(=O)Nc1ccccc1Cc1nc(C2CC2)no1. The van der Waals surface area contributed by atoms with Crippen molar-refractivity contribution >= 4 is 17.4 Å². The van der Waals surface area contributed by atoms with Crippen molar-refractivity contribution in [1.29, 1.82) is 0 Å². The first kappa shape index (κ1) is 17.1. The number of hydrogen-bond acceptors (Lipinski definition) is 5. The highest BCUT2D eigenvalue weighted by Gasteiger charge is 2.28. The van der Waals surface area contributed by atoms with E-state index in [-0.39, 0.29) is 6.03 Å². The second-order valence-corrected chi connectivity index (χ2v) is 6.43. The number of nitrogens with zero attached hydrogens (tertiary/aromatic N) is 2. The molecule has 1 fully saturated rings. The Morgan fingerprint density at radius 3 is 2.59 bits per heavy atom. The third-order valence-corrected chi connectivity index (χ3v) is 4.39. The first-order chi connectivity index (χ1) is 13.2. The number of carbonyl (C=O) groups is 1. The van der Waals surface area contributed by atoms with E-state index in [2.05, 4.69) is 20.8 Å². The molecule has 7 nitrogen and oxygen atoms in total. The van der Waals surface area contributed by atoms with Crippen LogP contribution in [0.15, 0.2) is 53.1 Å². The van der Waals surface area contributed by atoms with Gasteiger partial charge in [0.25, 0.3) is 0 Å². The molecule has 0 bridgehead atoms. The van der Waals surface area contributed by atoms with Gasteiger partial charge in [-0.1, -0.05) is 35.5 Å². The van der Waals surface area contributed by atoms with Gasteiger partial charge in [0.15, 0.2) is 5.82 Å². The Kier molecular flexibility index (Phi) is 4.74. The van der Waals surface area contributed by atoms with E-state index in [1.165, 1.54) is 0 Å². The number of benzene rings is 2. The van der Waals surface area contributed by atoms with Crippen molar-refractivity contribution < 1.29 is 14.1 Å². The number of hydrogen-bond donors (Lipinski definition) is 2. The third kappa shape index (κ3) is 4.08. The molecule has 2 N–H and O–H groups in total. The van der Waals surface area contributed by atoms with Crippen LogP contribution in [-0.4, -0.2) is 23.3 Å². The number of rotatable bonds is 6. The minimum absolute atomic E-state index is 0.351. The van der Waals surface area contributed by atoms with Gasteiger partial charge in [0.1, 0.15) is 5.75 Å². The van der Waals surface area contributed by atoms with Crippen molar-refractivity contribution in [3.63, 3.8) is 0 Å². The molecular formula is C20H20N4O3. The third-order valence-electron chi connectivity index (χ3n) is 4.39. The standard InChI is InChI=1S/C20H20N4O3/c1-26-17-9-5-4-8-16(17)22-20(25)21-15-7-3-2-6-14(15)12-18-23-19(24-27-18)13-10-11-13/h2-9,13H,10-12H2,1H3,(H2,21,22,25). The molecule has 2 aromatic carbocycles. The molecule has 0 unspecified atom stereocenters. The Morgan fingerprint density at radius 2 is 1.81 bits per heavy atom. The van der Waals surface area contributed by atoms with Crippen molar-refractivity contribution in [3.8, 4) is 5.75 Å². The normalized spacial score (nSPS) is 13.2. The summed E-state index contributed by atoms with van der Waals surface area (Å²) in [7, 11) is 1.56. The number of aromatic nitrogens is 2. The topological polar surface area (TPSA) is 89.3 Å². The van der Waals surface area contributed by atoms with Gasteiger partial charge in [-0.2, -0.15) is 4.98 Å². The largest absolute Gasteiger partial charge is 0.495 e. The summed E-state index contributed by atoms with van der Waals surface area (Å²) in [6.45, 7) is 0. The average Bonchev–Trinajstić information content (AvgIpc) is 3.43. The minimum Gasteiger partial charge on any atom is -0.495 e. The van der Waals surface area contributed by atoms with E-state index in [1.54, 1.807) is 19.2 Å². The Balaban J connectivity index is 1.46. The van der Waals surface area contributed by atoms with Gasteiger partial charge in [0.2, 0.25) is 5.89 Å². The molecule has 1 aromatic heterocycles. The van der Waals surface area contributed by atoms with Gasteiger partial charge in [-0.05, 0) is 36.6 Å². The van der Waals surface area contributed by atoms with Crippen molar-refractivity contribution in [2.45, 2.75) is 25.2 Å². The molecule has 0 aliphatic heterocycles. The van der Waals surface area contributed by atoms with E-state index in [1.807, 2.05) is 36.4 Å². The smallest absolute Gasteiger partial charge is 0.323 e. The lowest BCUT2D eigenvalue weighted by Gasteiger charge is -2.13. The molecule has 0 atom stereocenters. The van der Waals surface area contributed by atoms with E-state index in [9.17, 15) is 4.79 Å². The van der Waals surface area contributed by atoms with Crippen LogP contribution in [0.5, 0.6) is 5.75 Å². The highest BCUT2D eigenvalue weighted by atomic mass is 16.5. The van der Waals surface area contributed by atoms with Crippen LogP contribution in [0, 0.1) is 0 Å². The van der Waals surface area contributed by atoms with Crippen LogP contribution in [0.1, 0.15) is 36.0 Å². The number of carbonyl (C=O) groups excluding carboxylic acids is 1. The van der Waals surface area contributed by atoms with Crippen molar-refractivity contribution in [2.24, 2.45) is 0 Å². The van der Waals surface area contributed by atoms with Gasteiger partial charge < -0.3 is 19.9 Å². The van der Waals surface area contributed by atoms with Gasteiger partial charge in [0.05, 0.1) is 19.2 Å². The molecule has 0 spiro atoms. The summed E-state index contributed by atoms with van der Waals surface area (Å²) in [4.78, 5) is 16.9. The second kappa shape index (κ2) is 7.49. The summed E-state index contributed by atoms with van der Waals surface area (Å²) in [5.74, 6) is 2.38. The number of nitrogens with one attached hydrogen (secondary N) is 2. The van der Waals surface area contributed by atoms with Gasteiger partial charge in [0, 0.05) is 11.6 Å². The average molecular weight is 364 g/mol. The quantitative estimate of drug-likeness (QED) is 0.684. The van der Waals surface area contributed by atoms with Gasteiger partial charge in [-0.15, -0.1) is 0 Å². The highest BCUT2D eigenvalue weighted by molar-refractivity contribution is 6.01. The van der Waals surface area contributed by atoms with E-state index in [0.717, 1.165) is 24.2 Å². The van der Waals surface area contributed by atoms with Crippen molar-refractivity contribution in [3.05, 3.63) is 65.8 Å². The maximum absolute atomic E-state index is 12.4.